The van der Waals surface area contributed by atoms with Gasteiger partial charge in [0.1, 0.15) is 6.33 Å². The summed E-state index contributed by atoms with van der Waals surface area (Å²) in [7, 11) is 0. The summed E-state index contributed by atoms with van der Waals surface area (Å²) in [6, 6.07) is 0.128. The molecule has 138 valence electrons. The lowest BCUT2D eigenvalue weighted by Crippen LogP contribution is -2.48. The van der Waals surface area contributed by atoms with E-state index in [1.807, 2.05) is 4.57 Å². The molecule has 0 saturated carbocycles. The van der Waals surface area contributed by atoms with E-state index in [4.69, 9.17) is 4.74 Å². The first-order chi connectivity index (χ1) is 12.7. The fourth-order valence-corrected chi connectivity index (χ4v) is 4.39. The highest BCUT2D eigenvalue weighted by Crippen LogP contribution is 2.34. The van der Waals surface area contributed by atoms with Crippen molar-refractivity contribution in [1.29, 1.82) is 0 Å². The number of amides is 1. The molecule has 9 heteroatoms. The molecule has 3 aliphatic rings. The van der Waals surface area contributed by atoms with Crippen LogP contribution in [-0.2, 0) is 16.1 Å². The minimum Gasteiger partial charge on any atom is -0.396 e. The molecule has 0 radical (unpaired) electrons. The number of hydrogen-bond acceptors (Lipinski definition) is 7. The Morgan fingerprint density at radius 2 is 2.23 bits per heavy atom. The minimum absolute atomic E-state index is 0.0284. The predicted molar refractivity (Wildman–Crippen MR) is 92.5 cm³/mol. The molecule has 26 heavy (non-hydrogen) atoms. The molecule has 2 aromatic heterocycles. The van der Waals surface area contributed by atoms with Crippen molar-refractivity contribution in [3.8, 4) is 0 Å². The average Bonchev–Trinajstić information content (AvgIpc) is 3.22. The second-order valence-electron chi connectivity index (χ2n) is 7.65. The predicted octanol–water partition coefficient (Wildman–Crippen LogP) is -0.450. The molecule has 2 N–H and O–H groups in total. The molecule has 5 rings (SSSR count). The van der Waals surface area contributed by atoms with Gasteiger partial charge >= 0.3 is 0 Å². The summed E-state index contributed by atoms with van der Waals surface area (Å²) >= 11 is 0. The lowest BCUT2D eigenvalue weighted by Gasteiger charge is -2.40. The average molecular weight is 358 g/mol. The van der Waals surface area contributed by atoms with Crippen LogP contribution in [0.2, 0.25) is 0 Å². The van der Waals surface area contributed by atoms with Crippen LogP contribution in [0.25, 0.3) is 11.2 Å². The molecule has 0 bridgehead atoms. The molecule has 3 aliphatic heterocycles. The fraction of sp³-hybridized carbons (Fsp3) is 0.647. The van der Waals surface area contributed by atoms with Gasteiger partial charge in [-0.15, -0.1) is 0 Å². The Kier molecular flexibility index (Phi) is 3.61. The van der Waals surface area contributed by atoms with E-state index in [0.29, 0.717) is 26.3 Å². The maximum absolute atomic E-state index is 12.1. The van der Waals surface area contributed by atoms with Crippen LogP contribution >= 0.6 is 0 Å². The molecule has 1 amide bonds. The molecule has 2 aromatic rings. The second-order valence-corrected chi connectivity index (χ2v) is 7.65. The van der Waals surface area contributed by atoms with Gasteiger partial charge in [-0.05, 0) is 12.8 Å². The highest BCUT2D eigenvalue weighted by molar-refractivity contribution is 5.86. The van der Waals surface area contributed by atoms with Crippen molar-refractivity contribution in [3.05, 3.63) is 12.7 Å². The highest BCUT2D eigenvalue weighted by atomic mass is 16.5. The van der Waals surface area contributed by atoms with Gasteiger partial charge in [-0.1, -0.05) is 0 Å². The Balaban J connectivity index is 1.50. The summed E-state index contributed by atoms with van der Waals surface area (Å²) in [5.74, 6) is 0.967. The van der Waals surface area contributed by atoms with Gasteiger partial charge in [-0.3, -0.25) is 4.79 Å². The van der Waals surface area contributed by atoms with Gasteiger partial charge < -0.3 is 24.6 Å². The molecule has 9 nitrogen and oxygen atoms in total. The number of nitrogens with zero attached hydrogens (tertiary/aromatic N) is 5. The maximum atomic E-state index is 12.1. The zero-order chi connectivity index (χ0) is 17.7. The van der Waals surface area contributed by atoms with E-state index in [1.54, 1.807) is 12.7 Å². The summed E-state index contributed by atoms with van der Waals surface area (Å²) in [5, 5.41) is 12.7. The van der Waals surface area contributed by atoms with Gasteiger partial charge in [-0.25, -0.2) is 15.0 Å². The topological polar surface area (TPSA) is 105 Å². The van der Waals surface area contributed by atoms with E-state index in [9.17, 15) is 9.90 Å². The summed E-state index contributed by atoms with van der Waals surface area (Å²) in [6.07, 6.45) is 5.21. The first-order valence-electron chi connectivity index (χ1n) is 9.10. The number of rotatable bonds is 4. The molecule has 0 aromatic carbocycles. The van der Waals surface area contributed by atoms with E-state index in [1.165, 1.54) is 0 Å². The number of carbonyl (C=O) groups excluding carboxylic acids is 1. The quantitative estimate of drug-likeness (QED) is 0.763. The molecule has 0 aliphatic carbocycles. The van der Waals surface area contributed by atoms with E-state index in [2.05, 4.69) is 25.2 Å². The van der Waals surface area contributed by atoms with Crippen LogP contribution in [0, 0.1) is 11.3 Å². The summed E-state index contributed by atoms with van der Waals surface area (Å²) in [6.45, 7) is 3.30. The van der Waals surface area contributed by atoms with Crippen molar-refractivity contribution in [2.24, 2.45) is 11.3 Å². The van der Waals surface area contributed by atoms with Gasteiger partial charge in [0, 0.05) is 19.6 Å². The number of carbonyl (C=O) groups is 1. The standard InChI is InChI=1S/C17H22N6O3/c24-6-17(7-26-8-17)5-22-10-21-13-14(22)19-9-20-15(13)23-3-1-2-11-12(23)4-18-16(11)25/h9-12,24H,1-8H2,(H,18,25)/t11-,12-/m1/s1. The van der Waals surface area contributed by atoms with Crippen LogP contribution in [0.5, 0.6) is 0 Å². The zero-order valence-electron chi connectivity index (χ0n) is 14.5. The third-order valence-electron chi connectivity index (χ3n) is 5.91. The largest absolute Gasteiger partial charge is 0.396 e. The van der Waals surface area contributed by atoms with Crippen LogP contribution in [0.15, 0.2) is 12.7 Å². The first-order valence-corrected chi connectivity index (χ1v) is 9.10. The van der Waals surface area contributed by atoms with Crippen LogP contribution < -0.4 is 10.2 Å². The Morgan fingerprint density at radius 3 is 3.00 bits per heavy atom. The van der Waals surface area contributed by atoms with Crippen molar-refractivity contribution in [1.82, 2.24) is 24.8 Å². The molecule has 3 saturated heterocycles. The molecule has 2 atom stereocenters. The van der Waals surface area contributed by atoms with Crippen LogP contribution in [0.1, 0.15) is 12.8 Å². The number of anilines is 1. The van der Waals surface area contributed by atoms with Gasteiger partial charge in [0.2, 0.25) is 5.91 Å². The molecular formula is C17H22N6O3. The third-order valence-corrected chi connectivity index (χ3v) is 5.91. The molecule has 0 unspecified atom stereocenters. The SMILES string of the molecule is O=C1NC[C@@H]2[C@H]1CCCN2c1ncnc2c1ncn2CC1(CO)COC1. The summed E-state index contributed by atoms with van der Waals surface area (Å²) < 4.78 is 7.26. The Labute approximate surface area is 150 Å². The van der Waals surface area contributed by atoms with Crippen LogP contribution in [0.4, 0.5) is 5.82 Å². The Hall–Kier alpha value is -2.26. The van der Waals surface area contributed by atoms with Crippen molar-refractivity contribution in [2.75, 3.05) is 37.8 Å². The number of imidazole rings is 1. The minimum atomic E-state index is -0.253. The Bertz CT molecular complexity index is 843. The van der Waals surface area contributed by atoms with Gasteiger partial charge in [0.15, 0.2) is 17.0 Å². The molecule has 3 fully saturated rings. The third kappa shape index (κ3) is 2.30. The number of aliphatic hydroxyl groups is 1. The number of fused-ring (bicyclic) bond motifs is 2. The Morgan fingerprint density at radius 1 is 1.35 bits per heavy atom. The second kappa shape index (κ2) is 5.88. The number of ether oxygens (including phenoxy) is 1. The lowest BCUT2D eigenvalue weighted by atomic mass is 9.87. The van der Waals surface area contributed by atoms with Crippen molar-refractivity contribution in [2.45, 2.75) is 25.4 Å². The molecule has 5 heterocycles. The lowest BCUT2D eigenvalue weighted by molar-refractivity contribution is -0.144. The number of hydrogen-bond donors (Lipinski definition) is 2. The van der Waals surface area contributed by atoms with E-state index in [-0.39, 0.29) is 29.9 Å². The van der Waals surface area contributed by atoms with Gasteiger partial charge in [0.25, 0.3) is 0 Å². The highest BCUT2D eigenvalue weighted by Gasteiger charge is 2.42. The van der Waals surface area contributed by atoms with Crippen molar-refractivity contribution >= 4 is 22.9 Å². The normalized spacial score (nSPS) is 27.3. The van der Waals surface area contributed by atoms with Crippen molar-refractivity contribution < 1.29 is 14.6 Å². The summed E-state index contributed by atoms with van der Waals surface area (Å²) in [4.78, 5) is 27.8. The van der Waals surface area contributed by atoms with Crippen molar-refractivity contribution in [3.63, 3.8) is 0 Å². The number of aromatic nitrogens is 4. The van der Waals surface area contributed by atoms with E-state index in [0.717, 1.165) is 36.4 Å². The van der Waals surface area contributed by atoms with E-state index < -0.39 is 0 Å². The number of aliphatic hydroxyl groups excluding tert-OH is 1. The van der Waals surface area contributed by atoms with Gasteiger partial charge in [-0.2, -0.15) is 0 Å². The zero-order valence-corrected chi connectivity index (χ0v) is 14.5. The monoisotopic (exact) mass is 358 g/mol. The van der Waals surface area contributed by atoms with Crippen LogP contribution in [-0.4, -0.2) is 69.5 Å². The van der Waals surface area contributed by atoms with Crippen LogP contribution in [0.3, 0.4) is 0 Å². The fourth-order valence-electron chi connectivity index (χ4n) is 4.39. The molecular weight excluding hydrogens is 336 g/mol. The number of piperidine rings is 1. The summed E-state index contributed by atoms with van der Waals surface area (Å²) in [5.41, 5.74) is 1.26. The van der Waals surface area contributed by atoms with E-state index >= 15 is 0 Å². The van der Waals surface area contributed by atoms with Gasteiger partial charge in [0.05, 0.1) is 43.5 Å². The number of nitrogens with one attached hydrogen (secondary N) is 1. The smallest absolute Gasteiger partial charge is 0.225 e. The molecule has 0 spiro atoms. The maximum Gasteiger partial charge on any atom is 0.225 e. The first kappa shape index (κ1) is 16.0.